The van der Waals surface area contributed by atoms with Gasteiger partial charge in [-0.05, 0) is 31.2 Å². The van der Waals surface area contributed by atoms with E-state index in [0.29, 0.717) is 6.04 Å². The molecule has 0 spiro atoms. The summed E-state index contributed by atoms with van der Waals surface area (Å²) < 4.78 is 0. The van der Waals surface area contributed by atoms with Crippen LogP contribution in [0.1, 0.15) is 17.3 Å². The Balaban J connectivity index is 2.01. The second-order valence-electron chi connectivity index (χ2n) is 3.63. The Labute approximate surface area is 83.5 Å². The quantitative estimate of drug-likeness (QED) is 0.705. The summed E-state index contributed by atoms with van der Waals surface area (Å²) in [7, 11) is 0. The van der Waals surface area contributed by atoms with Crippen LogP contribution in [0.3, 0.4) is 0 Å². The van der Waals surface area contributed by atoms with Gasteiger partial charge in [-0.3, -0.25) is 4.79 Å². The van der Waals surface area contributed by atoms with Crippen molar-refractivity contribution in [2.45, 2.75) is 13.0 Å². The van der Waals surface area contributed by atoms with Gasteiger partial charge in [0.2, 0.25) is 0 Å². The fourth-order valence-corrected chi connectivity index (χ4v) is 1.43. The summed E-state index contributed by atoms with van der Waals surface area (Å²) in [6, 6.07) is 8.16. The predicted octanol–water partition coefficient (Wildman–Crippen LogP) is 1.27. The number of rotatable bonds is 3. The zero-order chi connectivity index (χ0) is 9.97. The van der Waals surface area contributed by atoms with Gasteiger partial charge in [-0.2, -0.15) is 0 Å². The van der Waals surface area contributed by atoms with Crippen molar-refractivity contribution in [3.63, 3.8) is 0 Å². The third-order valence-electron chi connectivity index (χ3n) is 2.44. The van der Waals surface area contributed by atoms with E-state index in [1.54, 1.807) is 6.92 Å². The molecule has 1 saturated heterocycles. The molecule has 2 rings (SSSR count). The average molecular weight is 190 g/mol. The number of hydrogen-bond donors (Lipinski definition) is 2. The van der Waals surface area contributed by atoms with Gasteiger partial charge in [0.25, 0.3) is 0 Å². The van der Waals surface area contributed by atoms with E-state index >= 15 is 0 Å². The first-order valence-corrected chi connectivity index (χ1v) is 4.84. The van der Waals surface area contributed by atoms with Crippen molar-refractivity contribution < 1.29 is 4.79 Å². The van der Waals surface area contributed by atoms with Crippen LogP contribution >= 0.6 is 0 Å². The molecule has 0 aromatic heterocycles. The largest absolute Gasteiger partial charge is 0.380 e. The third kappa shape index (κ3) is 1.93. The van der Waals surface area contributed by atoms with Crippen molar-refractivity contribution in [2.24, 2.45) is 0 Å². The zero-order valence-electron chi connectivity index (χ0n) is 8.21. The number of hydrogen-bond acceptors (Lipinski definition) is 3. The Morgan fingerprint density at radius 1 is 1.36 bits per heavy atom. The predicted molar refractivity (Wildman–Crippen MR) is 56.7 cm³/mol. The smallest absolute Gasteiger partial charge is 0.159 e. The summed E-state index contributed by atoms with van der Waals surface area (Å²) in [5, 5.41) is 6.57. The highest BCUT2D eigenvalue weighted by Gasteiger charge is 2.15. The molecule has 0 saturated carbocycles. The highest BCUT2D eigenvalue weighted by atomic mass is 16.1. The van der Waals surface area contributed by atoms with Gasteiger partial charge in [0.05, 0.1) is 6.04 Å². The maximum absolute atomic E-state index is 11.0. The molecule has 0 radical (unpaired) electrons. The highest BCUT2D eigenvalue weighted by Crippen LogP contribution is 2.12. The van der Waals surface area contributed by atoms with E-state index in [1.807, 2.05) is 24.3 Å². The summed E-state index contributed by atoms with van der Waals surface area (Å²) in [5.41, 5.74) is 1.85. The zero-order valence-corrected chi connectivity index (χ0v) is 8.21. The maximum atomic E-state index is 11.0. The molecule has 1 aromatic rings. The Morgan fingerprint density at radius 2 is 2.00 bits per heavy atom. The fraction of sp³-hybridized carbons (Fsp3) is 0.364. The lowest BCUT2D eigenvalue weighted by Gasteiger charge is -2.28. The van der Waals surface area contributed by atoms with Crippen molar-refractivity contribution in [1.29, 1.82) is 0 Å². The van der Waals surface area contributed by atoms with Gasteiger partial charge in [0.15, 0.2) is 5.78 Å². The molecule has 1 fully saturated rings. The number of carbonyl (C=O) groups excluding carboxylic acids is 1. The van der Waals surface area contributed by atoms with Gasteiger partial charge < -0.3 is 10.6 Å². The average Bonchev–Trinajstić information content (AvgIpc) is 2.12. The second kappa shape index (κ2) is 3.80. The molecule has 1 heterocycles. The molecule has 1 aliphatic heterocycles. The second-order valence-corrected chi connectivity index (χ2v) is 3.63. The van der Waals surface area contributed by atoms with Crippen LogP contribution in [0.4, 0.5) is 5.69 Å². The Bertz CT molecular complexity index is 328. The first-order chi connectivity index (χ1) is 6.75. The molecular weight excluding hydrogens is 176 g/mol. The van der Waals surface area contributed by atoms with Gasteiger partial charge in [-0.25, -0.2) is 0 Å². The molecule has 3 nitrogen and oxygen atoms in total. The van der Waals surface area contributed by atoms with Crippen LogP contribution in [-0.2, 0) is 0 Å². The van der Waals surface area contributed by atoms with E-state index in [2.05, 4.69) is 10.6 Å². The van der Waals surface area contributed by atoms with Gasteiger partial charge in [0, 0.05) is 24.3 Å². The van der Waals surface area contributed by atoms with Gasteiger partial charge >= 0.3 is 0 Å². The Kier molecular flexibility index (Phi) is 2.50. The van der Waals surface area contributed by atoms with E-state index in [-0.39, 0.29) is 5.78 Å². The molecule has 2 N–H and O–H groups in total. The molecule has 0 unspecified atom stereocenters. The van der Waals surface area contributed by atoms with Crippen LogP contribution < -0.4 is 10.6 Å². The van der Waals surface area contributed by atoms with E-state index in [9.17, 15) is 4.79 Å². The topological polar surface area (TPSA) is 41.1 Å². The molecule has 0 bridgehead atoms. The number of carbonyl (C=O) groups is 1. The van der Waals surface area contributed by atoms with E-state index in [1.165, 1.54) is 0 Å². The molecule has 1 aromatic carbocycles. The van der Waals surface area contributed by atoms with E-state index in [4.69, 9.17) is 0 Å². The number of benzene rings is 1. The van der Waals surface area contributed by atoms with Gasteiger partial charge in [0.1, 0.15) is 0 Å². The van der Waals surface area contributed by atoms with Crippen LogP contribution in [0.15, 0.2) is 24.3 Å². The number of nitrogens with one attached hydrogen (secondary N) is 2. The maximum Gasteiger partial charge on any atom is 0.159 e. The Hall–Kier alpha value is -1.35. The summed E-state index contributed by atoms with van der Waals surface area (Å²) in [4.78, 5) is 11.0. The minimum Gasteiger partial charge on any atom is -0.380 e. The van der Waals surface area contributed by atoms with E-state index in [0.717, 1.165) is 24.3 Å². The first kappa shape index (κ1) is 9.21. The molecule has 74 valence electrons. The van der Waals surface area contributed by atoms with Crippen LogP contribution in [0.5, 0.6) is 0 Å². The number of anilines is 1. The normalized spacial score (nSPS) is 16.1. The molecule has 14 heavy (non-hydrogen) atoms. The molecule has 3 heteroatoms. The SMILES string of the molecule is CC(=O)c1ccc(NC2CNC2)cc1. The molecular formula is C11H14N2O. The molecule has 1 aliphatic rings. The minimum absolute atomic E-state index is 0.113. The van der Waals surface area contributed by atoms with Crippen LogP contribution in [0, 0.1) is 0 Å². The van der Waals surface area contributed by atoms with Crippen molar-refractivity contribution in [1.82, 2.24) is 5.32 Å². The van der Waals surface area contributed by atoms with Crippen molar-refractivity contribution in [3.8, 4) is 0 Å². The first-order valence-electron chi connectivity index (χ1n) is 4.84. The van der Waals surface area contributed by atoms with Crippen molar-refractivity contribution in [2.75, 3.05) is 18.4 Å². The summed E-state index contributed by atoms with van der Waals surface area (Å²) in [6.45, 7) is 3.63. The lowest BCUT2D eigenvalue weighted by molar-refractivity contribution is 0.101. The van der Waals surface area contributed by atoms with Crippen LogP contribution in [0.2, 0.25) is 0 Å². The fourth-order valence-electron chi connectivity index (χ4n) is 1.43. The highest BCUT2D eigenvalue weighted by molar-refractivity contribution is 5.94. The summed E-state index contributed by atoms with van der Waals surface area (Å²) >= 11 is 0. The monoisotopic (exact) mass is 190 g/mol. The molecule has 0 aliphatic carbocycles. The molecule has 0 amide bonds. The standard InChI is InChI=1S/C11H14N2O/c1-8(14)9-2-4-10(5-3-9)13-11-6-12-7-11/h2-5,11-13H,6-7H2,1H3. The lowest BCUT2D eigenvalue weighted by Crippen LogP contribution is -2.51. The minimum atomic E-state index is 0.113. The van der Waals surface area contributed by atoms with Crippen LogP contribution in [0.25, 0.3) is 0 Å². The number of Topliss-reactive ketones (excluding diaryl/α,β-unsaturated/α-hetero) is 1. The van der Waals surface area contributed by atoms with E-state index < -0.39 is 0 Å². The summed E-state index contributed by atoms with van der Waals surface area (Å²) in [5.74, 6) is 0.113. The third-order valence-corrected chi connectivity index (χ3v) is 2.44. The number of ketones is 1. The van der Waals surface area contributed by atoms with Crippen molar-refractivity contribution >= 4 is 11.5 Å². The summed E-state index contributed by atoms with van der Waals surface area (Å²) in [6.07, 6.45) is 0. The van der Waals surface area contributed by atoms with Crippen molar-refractivity contribution in [3.05, 3.63) is 29.8 Å². The van der Waals surface area contributed by atoms with Gasteiger partial charge in [-0.1, -0.05) is 0 Å². The Morgan fingerprint density at radius 3 is 2.43 bits per heavy atom. The van der Waals surface area contributed by atoms with Crippen LogP contribution in [-0.4, -0.2) is 24.9 Å². The van der Waals surface area contributed by atoms with Gasteiger partial charge in [-0.15, -0.1) is 0 Å². The lowest BCUT2D eigenvalue weighted by atomic mass is 10.1. The molecule has 0 atom stereocenters.